The van der Waals surface area contributed by atoms with Gasteiger partial charge in [-0.25, -0.2) is 9.59 Å². The maximum absolute atomic E-state index is 10.4. The van der Waals surface area contributed by atoms with Crippen molar-refractivity contribution in [2.75, 3.05) is 23.9 Å². The standard InChI is InChI=1S/2C5H7BrO3/c2*1-2-9-5(8)4(7)3-6/h2*2-3H2,1H3. The lowest BCUT2D eigenvalue weighted by Crippen LogP contribution is -2.17. The quantitative estimate of drug-likeness (QED) is 0.383. The molecule has 0 aromatic heterocycles. The van der Waals surface area contributed by atoms with Crippen molar-refractivity contribution < 1.29 is 28.7 Å². The lowest BCUT2D eigenvalue weighted by Gasteiger charge is -1.95. The summed E-state index contributed by atoms with van der Waals surface area (Å²) in [5.74, 6) is -2.63. The van der Waals surface area contributed by atoms with Gasteiger partial charge in [0.1, 0.15) is 0 Å². The van der Waals surface area contributed by atoms with Crippen LogP contribution < -0.4 is 0 Å². The van der Waals surface area contributed by atoms with Gasteiger partial charge in [0.25, 0.3) is 0 Å². The van der Waals surface area contributed by atoms with Gasteiger partial charge in [-0.05, 0) is 13.8 Å². The number of hydrogen-bond donors (Lipinski definition) is 0. The molecule has 0 amide bonds. The minimum atomic E-state index is -0.769. The summed E-state index contributed by atoms with van der Waals surface area (Å²) < 4.78 is 8.75. The number of esters is 2. The molecule has 0 saturated heterocycles. The third-order valence-corrected chi connectivity index (χ3v) is 2.27. The topological polar surface area (TPSA) is 86.7 Å². The number of halogens is 2. The second-order valence-electron chi connectivity index (χ2n) is 2.55. The Hall–Kier alpha value is -0.760. The lowest BCUT2D eigenvalue weighted by molar-refractivity contribution is -0.152. The van der Waals surface area contributed by atoms with Crippen molar-refractivity contribution in [3.8, 4) is 0 Å². The second kappa shape index (κ2) is 12.7. The van der Waals surface area contributed by atoms with Gasteiger partial charge < -0.3 is 9.47 Å². The van der Waals surface area contributed by atoms with Crippen LogP contribution in [0.15, 0.2) is 0 Å². The summed E-state index contributed by atoms with van der Waals surface area (Å²) in [7, 11) is 0. The van der Waals surface area contributed by atoms with Crippen LogP contribution in [0.3, 0.4) is 0 Å². The summed E-state index contributed by atoms with van der Waals surface area (Å²) in [4.78, 5) is 41.5. The van der Waals surface area contributed by atoms with Gasteiger partial charge in [0.2, 0.25) is 11.6 Å². The molecule has 0 unspecified atom stereocenters. The Bertz CT molecular complexity index is 273. The summed E-state index contributed by atoms with van der Waals surface area (Å²) in [5.41, 5.74) is 0. The van der Waals surface area contributed by atoms with Crippen LogP contribution in [0.5, 0.6) is 0 Å². The monoisotopic (exact) mass is 388 g/mol. The molecule has 0 fully saturated rings. The number of carbonyl (C=O) groups excluding carboxylic acids is 4. The lowest BCUT2D eigenvalue weighted by atomic mass is 10.5. The predicted octanol–water partition coefficient (Wildman–Crippen LogP) is 1.03. The number of Topliss-reactive ketones (excluding diaryl/α,β-unsaturated/α-hetero) is 2. The fraction of sp³-hybridized carbons (Fsp3) is 0.600. The molecule has 6 nitrogen and oxygen atoms in total. The number of carbonyl (C=O) groups is 4. The highest BCUT2D eigenvalue weighted by molar-refractivity contribution is 9.09. The fourth-order valence-corrected chi connectivity index (χ4v) is 0.990. The molecule has 0 bridgehead atoms. The first-order valence-electron chi connectivity index (χ1n) is 4.96. The van der Waals surface area contributed by atoms with Crippen LogP contribution in [0.2, 0.25) is 0 Å². The molecule has 0 saturated carbocycles. The average Bonchev–Trinajstić information content (AvgIpc) is 2.38. The van der Waals surface area contributed by atoms with E-state index in [2.05, 4.69) is 41.3 Å². The van der Waals surface area contributed by atoms with Gasteiger partial charge in [-0.2, -0.15) is 0 Å². The largest absolute Gasteiger partial charge is 0.460 e. The smallest absolute Gasteiger partial charge is 0.375 e. The first-order chi connectivity index (χ1) is 8.44. The van der Waals surface area contributed by atoms with Crippen LogP contribution in [0.4, 0.5) is 0 Å². The molecule has 0 aliphatic heterocycles. The highest BCUT2D eigenvalue weighted by atomic mass is 79.9. The molecule has 0 spiro atoms. The molecule has 0 rings (SSSR count). The van der Waals surface area contributed by atoms with E-state index in [0.717, 1.165) is 0 Å². The molecule has 18 heavy (non-hydrogen) atoms. The summed E-state index contributed by atoms with van der Waals surface area (Å²) in [5, 5.41) is 0.0671. The van der Waals surface area contributed by atoms with Crippen LogP contribution in [-0.4, -0.2) is 47.4 Å². The van der Waals surface area contributed by atoms with Crippen molar-refractivity contribution in [3.05, 3.63) is 0 Å². The van der Waals surface area contributed by atoms with E-state index in [1.54, 1.807) is 13.8 Å². The van der Waals surface area contributed by atoms with Crippen molar-refractivity contribution in [1.82, 2.24) is 0 Å². The molecule has 8 heteroatoms. The van der Waals surface area contributed by atoms with Crippen LogP contribution in [0.1, 0.15) is 13.8 Å². The van der Waals surface area contributed by atoms with E-state index < -0.39 is 23.5 Å². The van der Waals surface area contributed by atoms with E-state index in [0.29, 0.717) is 0 Å². The highest BCUT2D eigenvalue weighted by Gasteiger charge is 2.11. The number of ketones is 2. The first kappa shape index (κ1) is 19.6. The Labute approximate surface area is 122 Å². The zero-order chi connectivity index (χ0) is 14.6. The molecule has 0 radical (unpaired) electrons. The van der Waals surface area contributed by atoms with Crippen molar-refractivity contribution >= 4 is 55.4 Å². The number of hydrogen-bond acceptors (Lipinski definition) is 6. The Balaban J connectivity index is 0. The molecule has 0 heterocycles. The highest BCUT2D eigenvalue weighted by Crippen LogP contribution is 1.86. The molecule has 0 aliphatic rings. The van der Waals surface area contributed by atoms with Crippen molar-refractivity contribution in [2.24, 2.45) is 0 Å². The number of alkyl halides is 2. The minimum Gasteiger partial charge on any atom is -0.460 e. The maximum atomic E-state index is 10.4. The van der Waals surface area contributed by atoms with Crippen LogP contribution in [0.25, 0.3) is 0 Å². The zero-order valence-electron chi connectivity index (χ0n) is 10.0. The van der Waals surface area contributed by atoms with Gasteiger partial charge in [-0.15, -0.1) is 0 Å². The normalized spacial score (nSPS) is 8.67. The Morgan fingerprint density at radius 1 is 0.778 bits per heavy atom. The van der Waals surface area contributed by atoms with Crippen molar-refractivity contribution in [2.45, 2.75) is 13.8 Å². The van der Waals surface area contributed by atoms with Gasteiger partial charge in [-0.3, -0.25) is 9.59 Å². The third kappa shape index (κ3) is 10.4. The molecule has 0 aromatic carbocycles. The molecule has 104 valence electrons. The second-order valence-corrected chi connectivity index (χ2v) is 3.68. The Kier molecular flexibility index (Phi) is 13.8. The van der Waals surface area contributed by atoms with E-state index in [1.807, 2.05) is 0 Å². The molecule has 0 atom stereocenters. The Morgan fingerprint density at radius 3 is 1.22 bits per heavy atom. The molecular weight excluding hydrogens is 376 g/mol. The van der Waals surface area contributed by atoms with Gasteiger partial charge in [0.05, 0.1) is 23.9 Å². The Morgan fingerprint density at radius 2 is 1.06 bits per heavy atom. The van der Waals surface area contributed by atoms with E-state index >= 15 is 0 Å². The number of ether oxygens (including phenoxy) is 2. The van der Waals surface area contributed by atoms with Gasteiger partial charge in [-0.1, -0.05) is 31.9 Å². The first-order valence-corrected chi connectivity index (χ1v) is 7.20. The molecule has 0 aliphatic carbocycles. The third-order valence-electron chi connectivity index (χ3n) is 1.25. The summed E-state index contributed by atoms with van der Waals surface area (Å²) in [6.45, 7) is 3.80. The summed E-state index contributed by atoms with van der Waals surface area (Å²) in [6, 6.07) is 0. The SMILES string of the molecule is CCOC(=O)C(=O)CBr.CCOC(=O)C(=O)CBr. The summed E-state index contributed by atoms with van der Waals surface area (Å²) in [6.07, 6.45) is 0. The molecular formula is C10H14Br2O6. The predicted molar refractivity (Wildman–Crippen MR) is 70.9 cm³/mol. The van der Waals surface area contributed by atoms with Gasteiger partial charge in [0.15, 0.2) is 0 Å². The number of rotatable bonds is 6. The zero-order valence-corrected chi connectivity index (χ0v) is 13.2. The fourth-order valence-electron chi connectivity index (χ4n) is 0.532. The van der Waals surface area contributed by atoms with E-state index in [1.165, 1.54) is 0 Å². The van der Waals surface area contributed by atoms with Crippen molar-refractivity contribution in [3.63, 3.8) is 0 Å². The average molecular weight is 390 g/mol. The molecule has 0 aromatic rings. The van der Waals surface area contributed by atoms with E-state index in [4.69, 9.17) is 0 Å². The van der Waals surface area contributed by atoms with E-state index in [9.17, 15) is 19.2 Å². The van der Waals surface area contributed by atoms with Gasteiger partial charge >= 0.3 is 11.9 Å². The van der Waals surface area contributed by atoms with Crippen LogP contribution in [0, 0.1) is 0 Å². The molecule has 0 N–H and O–H groups in total. The summed E-state index contributed by atoms with van der Waals surface area (Å²) >= 11 is 5.67. The maximum Gasteiger partial charge on any atom is 0.375 e. The van der Waals surface area contributed by atoms with Crippen molar-refractivity contribution in [1.29, 1.82) is 0 Å². The van der Waals surface area contributed by atoms with Gasteiger partial charge in [0, 0.05) is 0 Å². The van der Waals surface area contributed by atoms with Crippen LogP contribution in [-0.2, 0) is 28.7 Å². The minimum absolute atomic E-state index is 0.0336. The van der Waals surface area contributed by atoms with Crippen LogP contribution >= 0.6 is 31.9 Å². The van der Waals surface area contributed by atoms with E-state index in [-0.39, 0.29) is 23.9 Å².